The van der Waals surface area contributed by atoms with Crippen LogP contribution in [0.5, 0.6) is 0 Å². The molecule has 0 bridgehead atoms. The van der Waals surface area contributed by atoms with Gasteiger partial charge >= 0.3 is 0 Å². The van der Waals surface area contributed by atoms with Crippen LogP contribution in [0.25, 0.3) is 0 Å². The molecule has 1 N–H and O–H groups in total. The van der Waals surface area contributed by atoms with Crippen molar-refractivity contribution in [2.24, 2.45) is 0 Å². The maximum absolute atomic E-state index is 4.28. The van der Waals surface area contributed by atoms with E-state index < -0.39 is 0 Å². The first-order chi connectivity index (χ1) is 8.31. The highest BCUT2D eigenvalue weighted by Gasteiger charge is 2.31. The third-order valence-electron chi connectivity index (χ3n) is 3.98. The lowest BCUT2D eigenvalue weighted by molar-refractivity contribution is 0.188. The number of nitrogens with zero attached hydrogens (tertiary/aromatic N) is 3. The van der Waals surface area contributed by atoms with Gasteiger partial charge in [-0.1, -0.05) is 0 Å². The van der Waals surface area contributed by atoms with E-state index in [0.29, 0.717) is 6.04 Å². The Morgan fingerprint density at radius 1 is 1.29 bits per heavy atom. The molecule has 0 aliphatic carbocycles. The van der Waals surface area contributed by atoms with Crippen LogP contribution in [-0.2, 0) is 0 Å². The standard InChI is InChI=1S/C13H20N4/c1-10-7-13(15-9-14-10)16-11-4-6-17-5-2-3-12(17)8-11/h7,9,11-12H,2-6,8H2,1H3,(H,14,15,16). The topological polar surface area (TPSA) is 41.0 Å². The summed E-state index contributed by atoms with van der Waals surface area (Å²) in [5, 5.41) is 3.56. The van der Waals surface area contributed by atoms with E-state index >= 15 is 0 Å². The summed E-state index contributed by atoms with van der Waals surface area (Å²) in [6.45, 7) is 4.56. The molecule has 1 aromatic heterocycles. The van der Waals surface area contributed by atoms with Crippen molar-refractivity contribution in [3.63, 3.8) is 0 Å². The maximum atomic E-state index is 4.28. The Hall–Kier alpha value is -1.16. The van der Waals surface area contributed by atoms with Crippen molar-refractivity contribution >= 4 is 5.82 Å². The molecule has 92 valence electrons. The molecular formula is C13H20N4. The number of aromatic nitrogens is 2. The second-order valence-corrected chi connectivity index (χ2v) is 5.24. The molecule has 2 saturated heterocycles. The highest BCUT2D eigenvalue weighted by atomic mass is 15.2. The molecule has 4 nitrogen and oxygen atoms in total. The average molecular weight is 232 g/mol. The van der Waals surface area contributed by atoms with Crippen LogP contribution in [0, 0.1) is 6.92 Å². The summed E-state index contributed by atoms with van der Waals surface area (Å²) in [5.41, 5.74) is 1.03. The molecule has 0 aromatic carbocycles. The molecule has 2 fully saturated rings. The molecule has 0 amide bonds. The van der Waals surface area contributed by atoms with Gasteiger partial charge in [0.25, 0.3) is 0 Å². The highest BCUT2D eigenvalue weighted by Crippen LogP contribution is 2.28. The number of aryl methyl sites for hydroxylation is 1. The van der Waals surface area contributed by atoms with Crippen LogP contribution < -0.4 is 5.32 Å². The van der Waals surface area contributed by atoms with E-state index in [0.717, 1.165) is 17.6 Å². The molecule has 3 rings (SSSR count). The molecule has 17 heavy (non-hydrogen) atoms. The van der Waals surface area contributed by atoms with Crippen molar-refractivity contribution in [2.45, 2.75) is 44.7 Å². The van der Waals surface area contributed by atoms with Gasteiger partial charge in [-0.25, -0.2) is 9.97 Å². The van der Waals surface area contributed by atoms with E-state index in [1.165, 1.54) is 38.8 Å². The lowest BCUT2D eigenvalue weighted by atomic mass is 9.97. The lowest BCUT2D eigenvalue weighted by Crippen LogP contribution is -2.42. The third kappa shape index (κ3) is 2.41. The molecule has 2 aliphatic rings. The van der Waals surface area contributed by atoms with Gasteiger partial charge in [-0.3, -0.25) is 0 Å². The van der Waals surface area contributed by atoms with Crippen LogP contribution in [0.2, 0.25) is 0 Å². The maximum Gasteiger partial charge on any atom is 0.129 e. The van der Waals surface area contributed by atoms with E-state index in [1.807, 2.05) is 13.0 Å². The van der Waals surface area contributed by atoms with Crippen molar-refractivity contribution in [2.75, 3.05) is 18.4 Å². The molecule has 0 saturated carbocycles. The minimum Gasteiger partial charge on any atom is -0.367 e. The van der Waals surface area contributed by atoms with E-state index in [9.17, 15) is 0 Å². The number of piperidine rings is 1. The second-order valence-electron chi connectivity index (χ2n) is 5.24. The summed E-state index contributed by atoms with van der Waals surface area (Å²) >= 11 is 0. The van der Waals surface area contributed by atoms with Crippen LogP contribution in [0.1, 0.15) is 31.4 Å². The van der Waals surface area contributed by atoms with Crippen molar-refractivity contribution in [1.29, 1.82) is 0 Å². The smallest absolute Gasteiger partial charge is 0.129 e. The number of hydrogen-bond donors (Lipinski definition) is 1. The van der Waals surface area contributed by atoms with Gasteiger partial charge in [0.1, 0.15) is 12.1 Å². The molecule has 2 unspecified atom stereocenters. The summed E-state index contributed by atoms with van der Waals surface area (Å²) < 4.78 is 0. The van der Waals surface area contributed by atoms with Crippen molar-refractivity contribution in [1.82, 2.24) is 14.9 Å². The number of hydrogen-bond acceptors (Lipinski definition) is 4. The van der Waals surface area contributed by atoms with Gasteiger partial charge in [0, 0.05) is 30.4 Å². The van der Waals surface area contributed by atoms with Gasteiger partial charge < -0.3 is 10.2 Å². The predicted molar refractivity (Wildman–Crippen MR) is 68.0 cm³/mol. The van der Waals surface area contributed by atoms with Crippen LogP contribution in [0.3, 0.4) is 0 Å². The Morgan fingerprint density at radius 3 is 3.12 bits per heavy atom. The quantitative estimate of drug-likeness (QED) is 0.844. The monoisotopic (exact) mass is 232 g/mol. The molecule has 0 spiro atoms. The normalized spacial score (nSPS) is 29.0. The second kappa shape index (κ2) is 4.61. The Balaban J connectivity index is 1.62. The Kier molecular flexibility index (Phi) is 2.97. The van der Waals surface area contributed by atoms with Crippen LogP contribution in [0.15, 0.2) is 12.4 Å². The first-order valence-electron chi connectivity index (χ1n) is 6.60. The first-order valence-corrected chi connectivity index (χ1v) is 6.60. The molecule has 2 aliphatic heterocycles. The summed E-state index contributed by atoms with van der Waals surface area (Å²) in [5.74, 6) is 0.981. The molecule has 2 atom stereocenters. The van der Waals surface area contributed by atoms with Gasteiger partial charge in [-0.2, -0.15) is 0 Å². The Morgan fingerprint density at radius 2 is 2.24 bits per heavy atom. The van der Waals surface area contributed by atoms with E-state index in [-0.39, 0.29) is 0 Å². The summed E-state index contributed by atoms with van der Waals surface area (Å²) in [7, 11) is 0. The summed E-state index contributed by atoms with van der Waals surface area (Å²) in [6.07, 6.45) is 6.90. The number of anilines is 1. The zero-order chi connectivity index (χ0) is 11.7. The molecule has 4 heteroatoms. The van der Waals surface area contributed by atoms with Crippen molar-refractivity contribution in [3.8, 4) is 0 Å². The average Bonchev–Trinajstić information content (AvgIpc) is 2.76. The number of rotatable bonds is 2. The Bertz CT molecular complexity index is 393. The van der Waals surface area contributed by atoms with Gasteiger partial charge in [-0.05, 0) is 39.2 Å². The Labute approximate surface area is 102 Å². The van der Waals surface area contributed by atoms with Gasteiger partial charge in [0.15, 0.2) is 0 Å². The van der Waals surface area contributed by atoms with Crippen molar-refractivity contribution < 1.29 is 0 Å². The molecule has 0 radical (unpaired) electrons. The van der Waals surface area contributed by atoms with Crippen molar-refractivity contribution in [3.05, 3.63) is 18.1 Å². The largest absolute Gasteiger partial charge is 0.367 e. The van der Waals surface area contributed by atoms with Gasteiger partial charge in [0.05, 0.1) is 0 Å². The highest BCUT2D eigenvalue weighted by molar-refractivity contribution is 5.35. The molecular weight excluding hydrogens is 212 g/mol. The van der Waals surface area contributed by atoms with E-state index in [4.69, 9.17) is 0 Å². The lowest BCUT2D eigenvalue weighted by Gasteiger charge is -2.35. The van der Waals surface area contributed by atoms with Gasteiger partial charge in [0.2, 0.25) is 0 Å². The SMILES string of the molecule is Cc1cc(NC2CCN3CCCC3C2)ncn1. The fraction of sp³-hybridized carbons (Fsp3) is 0.692. The van der Waals surface area contributed by atoms with E-state index in [2.05, 4.69) is 20.2 Å². The molecule has 3 heterocycles. The van der Waals surface area contributed by atoms with Crippen LogP contribution in [-0.4, -0.2) is 40.0 Å². The molecule has 1 aromatic rings. The van der Waals surface area contributed by atoms with Crippen LogP contribution in [0.4, 0.5) is 5.82 Å². The van der Waals surface area contributed by atoms with Gasteiger partial charge in [-0.15, -0.1) is 0 Å². The summed E-state index contributed by atoms with van der Waals surface area (Å²) in [6, 6.07) is 3.42. The third-order valence-corrected chi connectivity index (χ3v) is 3.98. The number of fused-ring (bicyclic) bond motifs is 1. The zero-order valence-corrected chi connectivity index (χ0v) is 10.4. The fourth-order valence-electron chi connectivity index (χ4n) is 3.10. The fourth-order valence-corrected chi connectivity index (χ4v) is 3.10. The minimum atomic E-state index is 0.587. The zero-order valence-electron chi connectivity index (χ0n) is 10.4. The number of nitrogens with one attached hydrogen (secondary N) is 1. The summed E-state index contributed by atoms with van der Waals surface area (Å²) in [4.78, 5) is 11.1. The minimum absolute atomic E-state index is 0.587. The van der Waals surface area contributed by atoms with Crippen LogP contribution >= 0.6 is 0 Å². The van der Waals surface area contributed by atoms with E-state index in [1.54, 1.807) is 6.33 Å². The first kappa shape index (κ1) is 11.0. The predicted octanol–water partition coefficient (Wildman–Crippen LogP) is 1.82.